The number of carboxylic acids is 1. The minimum atomic E-state index is -1.06. The smallest absolute Gasteiger partial charge is 0.407 e. The molecule has 1 aliphatic carbocycles. The van der Waals surface area contributed by atoms with Crippen molar-refractivity contribution < 1.29 is 29.0 Å². The highest BCUT2D eigenvalue weighted by molar-refractivity contribution is 5.85. The van der Waals surface area contributed by atoms with Crippen LogP contribution in [0.3, 0.4) is 0 Å². The molecule has 0 spiro atoms. The van der Waals surface area contributed by atoms with Crippen LogP contribution >= 0.6 is 0 Å². The van der Waals surface area contributed by atoms with Crippen LogP contribution in [0.2, 0.25) is 0 Å². The first-order chi connectivity index (χ1) is 16.9. The number of fused-ring (bicyclic) bond motifs is 3. The Morgan fingerprint density at radius 3 is 2.34 bits per heavy atom. The summed E-state index contributed by atoms with van der Waals surface area (Å²) in [6, 6.07) is 16.1. The van der Waals surface area contributed by atoms with Crippen LogP contribution in [0, 0.1) is 5.92 Å². The SMILES string of the molecule is CCC(C)N(CC(=O)O)C(=O)[C@H]1OCC[C@H]1CNC(=O)OCC1c2ccccc2-c2ccccc21. The van der Waals surface area contributed by atoms with Crippen molar-refractivity contribution >= 4 is 18.0 Å². The minimum absolute atomic E-state index is 0.0302. The molecule has 2 N–H and O–H groups in total. The first kappa shape index (κ1) is 24.7. The first-order valence-electron chi connectivity index (χ1n) is 12.1. The zero-order chi connectivity index (χ0) is 24.9. The number of ether oxygens (including phenoxy) is 2. The van der Waals surface area contributed by atoms with Crippen LogP contribution in [0.25, 0.3) is 11.1 Å². The molecule has 0 saturated carbocycles. The standard InChI is InChI=1S/C27H32N2O6/c1-3-17(2)29(15-24(30)31)26(32)25-18(12-13-34-25)14-28-27(33)35-16-23-21-10-6-4-8-19(21)20-9-5-7-11-22(20)23/h4-11,17-18,23,25H,3,12-16H2,1-2H3,(H,28,33)(H,30,31)/t17?,18-,25-/m0/s1. The first-order valence-corrected chi connectivity index (χ1v) is 12.1. The van der Waals surface area contributed by atoms with Gasteiger partial charge in [-0.1, -0.05) is 55.5 Å². The molecule has 35 heavy (non-hydrogen) atoms. The third-order valence-electron chi connectivity index (χ3n) is 7.02. The Bertz CT molecular complexity index is 1040. The number of rotatable bonds is 9. The summed E-state index contributed by atoms with van der Waals surface area (Å²) in [4.78, 5) is 38.2. The molecule has 1 saturated heterocycles. The molecule has 8 nitrogen and oxygen atoms in total. The van der Waals surface area contributed by atoms with Crippen molar-refractivity contribution in [3.05, 3.63) is 59.7 Å². The van der Waals surface area contributed by atoms with E-state index in [1.165, 1.54) is 4.90 Å². The van der Waals surface area contributed by atoms with Crippen molar-refractivity contribution in [3.63, 3.8) is 0 Å². The molecular weight excluding hydrogens is 448 g/mol. The fraction of sp³-hybridized carbons (Fsp3) is 0.444. The van der Waals surface area contributed by atoms with Crippen molar-refractivity contribution in [2.45, 2.75) is 44.8 Å². The molecular formula is C27H32N2O6. The minimum Gasteiger partial charge on any atom is -0.480 e. The van der Waals surface area contributed by atoms with Gasteiger partial charge in [-0.05, 0) is 42.0 Å². The highest BCUT2D eigenvalue weighted by Gasteiger charge is 2.39. The lowest BCUT2D eigenvalue weighted by molar-refractivity contribution is -0.152. The Morgan fingerprint density at radius 1 is 1.11 bits per heavy atom. The summed E-state index contributed by atoms with van der Waals surface area (Å²) >= 11 is 0. The van der Waals surface area contributed by atoms with Crippen molar-refractivity contribution in [1.82, 2.24) is 10.2 Å². The van der Waals surface area contributed by atoms with E-state index in [9.17, 15) is 19.5 Å². The topological polar surface area (TPSA) is 105 Å². The van der Waals surface area contributed by atoms with Gasteiger partial charge in [-0.3, -0.25) is 9.59 Å². The van der Waals surface area contributed by atoms with Gasteiger partial charge in [-0.25, -0.2) is 4.79 Å². The number of alkyl carbamates (subject to hydrolysis) is 1. The quantitative estimate of drug-likeness (QED) is 0.568. The third-order valence-corrected chi connectivity index (χ3v) is 7.02. The van der Waals surface area contributed by atoms with E-state index in [2.05, 4.69) is 29.6 Å². The molecule has 1 fully saturated rings. The van der Waals surface area contributed by atoms with Crippen LogP contribution in [0.1, 0.15) is 43.7 Å². The second-order valence-corrected chi connectivity index (χ2v) is 9.16. The van der Waals surface area contributed by atoms with Gasteiger partial charge in [-0.15, -0.1) is 0 Å². The van der Waals surface area contributed by atoms with Crippen LogP contribution in [0.15, 0.2) is 48.5 Å². The van der Waals surface area contributed by atoms with E-state index in [1.807, 2.05) is 38.1 Å². The molecule has 8 heteroatoms. The molecule has 1 unspecified atom stereocenters. The summed E-state index contributed by atoms with van der Waals surface area (Å²) in [6.07, 6.45) is -0.0953. The number of nitrogens with zero attached hydrogens (tertiary/aromatic N) is 1. The van der Waals surface area contributed by atoms with Gasteiger partial charge < -0.3 is 24.8 Å². The van der Waals surface area contributed by atoms with Crippen molar-refractivity contribution in [3.8, 4) is 11.1 Å². The van der Waals surface area contributed by atoms with Gasteiger partial charge in [0.1, 0.15) is 19.3 Å². The van der Waals surface area contributed by atoms with Crippen LogP contribution in [-0.2, 0) is 19.1 Å². The van der Waals surface area contributed by atoms with Crippen LogP contribution < -0.4 is 5.32 Å². The molecule has 2 aliphatic rings. The van der Waals surface area contributed by atoms with Gasteiger partial charge in [0.15, 0.2) is 0 Å². The summed E-state index contributed by atoms with van der Waals surface area (Å²) in [5.74, 6) is -1.69. The van der Waals surface area contributed by atoms with E-state index in [0.717, 1.165) is 22.3 Å². The Labute approximate surface area is 205 Å². The average molecular weight is 481 g/mol. The molecule has 186 valence electrons. The second-order valence-electron chi connectivity index (χ2n) is 9.16. The molecule has 1 heterocycles. The summed E-state index contributed by atoms with van der Waals surface area (Å²) in [7, 11) is 0. The van der Waals surface area contributed by atoms with E-state index in [1.54, 1.807) is 0 Å². The lowest BCUT2D eigenvalue weighted by Crippen LogP contribution is -2.49. The van der Waals surface area contributed by atoms with E-state index < -0.39 is 18.2 Å². The number of aliphatic carboxylic acids is 1. The second kappa shape index (κ2) is 10.9. The number of amides is 2. The number of benzene rings is 2. The largest absolute Gasteiger partial charge is 0.480 e. The third kappa shape index (κ3) is 5.32. The lowest BCUT2D eigenvalue weighted by atomic mass is 9.98. The molecule has 4 rings (SSSR count). The highest BCUT2D eigenvalue weighted by Crippen LogP contribution is 2.44. The summed E-state index contributed by atoms with van der Waals surface area (Å²) in [5.41, 5.74) is 4.60. The monoisotopic (exact) mass is 480 g/mol. The average Bonchev–Trinajstić information content (AvgIpc) is 3.46. The van der Waals surface area contributed by atoms with Gasteiger partial charge in [0.05, 0.1) is 0 Å². The van der Waals surface area contributed by atoms with Gasteiger partial charge in [0.2, 0.25) is 0 Å². The van der Waals surface area contributed by atoms with E-state index >= 15 is 0 Å². The van der Waals surface area contributed by atoms with Gasteiger partial charge in [-0.2, -0.15) is 0 Å². The normalized spacial score (nSPS) is 19.5. The molecule has 1 aliphatic heterocycles. The van der Waals surface area contributed by atoms with E-state index in [0.29, 0.717) is 19.4 Å². The number of carbonyl (C=O) groups is 3. The highest BCUT2D eigenvalue weighted by atomic mass is 16.5. The number of hydrogen-bond acceptors (Lipinski definition) is 5. The number of nitrogens with one attached hydrogen (secondary N) is 1. The van der Waals surface area contributed by atoms with Crippen LogP contribution in [0.5, 0.6) is 0 Å². The summed E-state index contributed by atoms with van der Waals surface area (Å²) < 4.78 is 11.2. The Hall–Kier alpha value is -3.39. The molecule has 0 aromatic heterocycles. The van der Waals surface area contributed by atoms with Crippen molar-refractivity contribution in [1.29, 1.82) is 0 Å². The Kier molecular flexibility index (Phi) is 7.70. The molecule has 3 atom stereocenters. The van der Waals surface area contributed by atoms with Gasteiger partial charge >= 0.3 is 12.1 Å². The van der Waals surface area contributed by atoms with Crippen molar-refractivity contribution in [2.24, 2.45) is 5.92 Å². The van der Waals surface area contributed by atoms with Gasteiger partial charge in [0, 0.05) is 31.0 Å². The maximum absolute atomic E-state index is 13.1. The molecule has 0 bridgehead atoms. The predicted octanol–water partition coefficient (Wildman–Crippen LogP) is 3.64. The molecule has 0 radical (unpaired) electrons. The van der Waals surface area contributed by atoms with Crippen molar-refractivity contribution in [2.75, 3.05) is 26.3 Å². The Morgan fingerprint density at radius 2 is 1.74 bits per heavy atom. The van der Waals surface area contributed by atoms with E-state index in [-0.39, 0.29) is 43.5 Å². The maximum Gasteiger partial charge on any atom is 0.407 e. The van der Waals surface area contributed by atoms with E-state index in [4.69, 9.17) is 9.47 Å². The summed E-state index contributed by atoms with van der Waals surface area (Å²) in [5, 5.41) is 12.0. The molecule has 2 aromatic carbocycles. The zero-order valence-corrected chi connectivity index (χ0v) is 20.1. The van der Waals surface area contributed by atoms with Crippen LogP contribution in [0.4, 0.5) is 4.79 Å². The summed E-state index contributed by atoms with van der Waals surface area (Å²) in [6.45, 7) is 4.16. The van der Waals surface area contributed by atoms with Crippen LogP contribution in [-0.4, -0.2) is 66.4 Å². The molecule has 2 amide bonds. The van der Waals surface area contributed by atoms with Gasteiger partial charge in [0.25, 0.3) is 5.91 Å². The number of carboxylic acid groups (broad SMARTS) is 1. The fourth-order valence-electron chi connectivity index (χ4n) is 4.96. The Balaban J connectivity index is 1.34. The zero-order valence-electron chi connectivity index (χ0n) is 20.1. The number of carbonyl (C=O) groups excluding carboxylic acids is 2. The molecule has 2 aromatic rings. The predicted molar refractivity (Wildman–Crippen MR) is 130 cm³/mol. The lowest BCUT2D eigenvalue weighted by Gasteiger charge is -2.31. The fourth-order valence-corrected chi connectivity index (χ4v) is 4.96. The maximum atomic E-state index is 13.1. The number of hydrogen-bond donors (Lipinski definition) is 2.